The number of hydrogen-bond acceptors (Lipinski definition) is 25. The number of hydrogen-bond donors (Lipinski definition) is 5. The molecule has 6 aromatic carbocycles. The van der Waals surface area contributed by atoms with Gasteiger partial charge < -0.3 is 44.4 Å². The Labute approximate surface area is 812 Å². The molecule has 0 spiro atoms. The van der Waals surface area contributed by atoms with Crippen molar-refractivity contribution in [1.29, 1.82) is 0 Å². The van der Waals surface area contributed by atoms with E-state index in [9.17, 15) is 37.5 Å². The number of ketones is 1. The lowest BCUT2D eigenvalue weighted by Crippen LogP contribution is -2.48. The Morgan fingerprint density at radius 1 is 0.450 bits per heavy atom. The topological polar surface area (TPSA) is 366 Å². The first kappa shape index (κ1) is 94.8. The van der Waals surface area contributed by atoms with E-state index in [0.717, 1.165) is 143 Å². The summed E-state index contributed by atoms with van der Waals surface area (Å²) in [7, 11) is 3.10. The van der Waals surface area contributed by atoms with Crippen molar-refractivity contribution in [1.82, 2.24) is 99.9 Å². The molecular weight excluding hydrogens is 1800 g/mol. The first-order valence-corrected chi connectivity index (χ1v) is 48.7. The van der Waals surface area contributed by atoms with Crippen LogP contribution >= 0.6 is 11.8 Å². The van der Waals surface area contributed by atoms with Crippen molar-refractivity contribution in [3.8, 4) is 56.7 Å². The van der Waals surface area contributed by atoms with Crippen molar-refractivity contribution >= 4 is 103 Å². The second kappa shape index (κ2) is 42.6. The second-order valence-corrected chi connectivity index (χ2v) is 37.8. The predicted octanol–water partition coefficient (Wildman–Crippen LogP) is 13.4. The highest BCUT2D eigenvalue weighted by molar-refractivity contribution is 8.00. The summed E-state index contributed by atoms with van der Waals surface area (Å²) < 4.78 is 43.3. The summed E-state index contributed by atoms with van der Waals surface area (Å²) in [6, 6.07) is 53.4. The van der Waals surface area contributed by atoms with E-state index >= 15 is 0 Å². The zero-order valence-corrected chi connectivity index (χ0v) is 79.0. The summed E-state index contributed by atoms with van der Waals surface area (Å²) >= 11 is 1.58. The van der Waals surface area contributed by atoms with Gasteiger partial charge in [-0.15, -0.1) is 11.8 Å². The first-order chi connectivity index (χ1) is 68.3. The fraction of sp³-hybridized carbons (Fsp3) is 0.343. The van der Waals surface area contributed by atoms with Gasteiger partial charge in [0.1, 0.15) is 21.7 Å². The molecule has 0 unspecified atom stereocenters. The van der Waals surface area contributed by atoms with E-state index in [1.165, 1.54) is 48.3 Å². The summed E-state index contributed by atoms with van der Waals surface area (Å²) in [6.45, 7) is 11.0. The standard InChI is InChI=1S/C36H34FN7O3.C35H35FN8O3.C34H40N8O3S/c1-47-36(31(45)20-24-3-9-30-29(19-24)34(42-41-30)28-8-10-32(37)40-21-28)13-18-43(23-36)22-33(46)44-16-11-26(12-17-44)25-4-6-27(7-5-25)35-38-14-2-15-39-35;1-47-35(34(46)40-27-8-9-29-28(19-27)32(42-41-29)26-7-10-30(36)39-20-26)13-18-43(22-35)21-31(45)44-16-11-24(12-17-44)23-3-5-25(6-4-23)33-37-14-2-15-38-33;1-46-34(33(44)37-27-7-8-29-28(21-27)32(39-38-29)42-17-19-45-20-18-42)11-16-40(23-34)22-30(43)41-14-9-25(10-15-41)24-3-5-26(6-4-24)31-35-12-2-13-36-31/h2-11,14-15,19,21H,12-13,16-18,20,22-23H2,1H3,(H,41,42);2-10,14-15,19-20,24H,11-13,16-18,21-22H2,1H3,(H,40,46)(H,41,42);2-8,12-13,21,25H,9-11,14-20,22-23H2,1H3,(H,37,44)(H,38,39)/t36-;35-;34-/m000/s1. The molecule has 6 fully saturated rings. The fourth-order valence-electron chi connectivity index (χ4n) is 20.0. The Hall–Kier alpha value is -14.2. The number of anilines is 3. The zero-order chi connectivity index (χ0) is 96.3. The van der Waals surface area contributed by atoms with Crippen LogP contribution in [0.5, 0.6) is 0 Å². The number of H-pyrrole nitrogens is 3. The molecule has 0 bridgehead atoms. The van der Waals surface area contributed by atoms with Gasteiger partial charge in [-0.1, -0.05) is 84.9 Å². The third-order valence-electron chi connectivity index (χ3n) is 28.2. The van der Waals surface area contributed by atoms with Crippen LogP contribution in [0.4, 0.5) is 26.0 Å². The largest absolute Gasteiger partial charge is 0.378 e. The number of thioether (sulfide) groups is 1. The minimum atomic E-state index is -1.08. The normalized spacial score (nSPS) is 19.5. The number of Topliss-reactive ketones (excluding diaryl/α,β-unsaturated/α-hetero) is 1. The number of nitrogens with one attached hydrogen (secondary N) is 5. The van der Waals surface area contributed by atoms with Crippen LogP contribution < -0.4 is 15.5 Å². The summed E-state index contributed by atoms with van der Waals surface area (Å²) in [6.07, 6.45) is 23.8. The molecule has 0 saturated carbocycles. The molecule has 140 heavy (non-hydrogen) atoms. The van der Waals surface area contributed by atoms with Gasteiger partial charge in [0.05, 0.1) is 49.4 Å². The number of pyridine rings is 2. The van der Waals surface area contributed by atoms with Crippen LogP contribution in [0.1, 0.15) is 85.5 Å². The van der Waals surface area contributed by atoms with Crippen molar-refractivity contribution in [2.45, 2.75) is 85.6 Å². The Morgan fingerprint density at radius 3 is 1.38 bits per heavy atom. The van der Waals surface area contributed by atoms with Gasteiger partial charge in [0, 0.05) is 217 Å². The number of aromatic nitrogens is 14. The molecule has 7 aliphatic rings. The van der Waals surface area contributed by atoms with Crippen LogP contribution in [-0.2, 0) is 49.4 Å². The van der Waals surface area contributed by atoms with E-state index < -0.39 is 27.8 Å². The Balaban J connectivity index is 0.000000134. The van der Waals surface area contributed by atoms with Crippen LogP contribution in [0.15, 0.2) is 226 Å². The molecule has 0 aliphatic carbocycles. The number of amides is 5. The lowest BCUT2D eigenvalue weighted by molar-refractivity contribution is -0.140. The molecule has 32 nitrogen and oxygen atoms in total. The molecule has 21 rings (SSSR count). The fourth-order valence-corrected chi connectivity index (χ4v) is 20.8. The molecular formula is C105H109F2N23O9S. The molecule has 7 aliphatic heterocycles. The van der Waals surface area contributed by atoms with E-state index in [-0.39, 0.29) is 54.8 Å². The van der Waals surface area contributed by atoms with E-state index in [1.54, 1.807) is 86.4 Å². The van der Waals surface area contributed by atoms with Crippen molar-refractivity contribution in [2.24, 2.45) is 0 Å². The smallest absolute Gasteiger partial charge is 0.258 e. The number of carbonyl (C=O) groups excluding carboxylic acids is 6. The number of piperidine rings is 2. The van der Waals surface area contributed by atoms with Gasteiger partial charge in [-0.2, -0.15) is 24.1 Å². The van der Waals surface area contributed by atoms with Crippen LogP contribution in [0.25, 0.3) is 95.0 Å². The average molecular weight is 1910 g/mol. The lowest BCUT2D eigenvalue weighted by Gasteiger charge is -2.33. The van der Waals surface area contributed by atoms with E-state index in [2.05, 4.69) is 158 Å². The van der Waals surface area contributed by atoms with Gasteiger partial charge in [0.2, 0.25) is 35.5 Å². The molecule has 35 heteroatoms. The van der Waals surface area contributed by atoms with E-state index in [0.29, 0.717) is 150 Å². The summed E-state index contributed by atoms with van der Waals surface area (Å²) in [5.74, 6) is 2.67. The van der Waals surface area contributed by atoms with Gasteiger partial charge in [-0.05, 0) is 188 Å². The van der Waals surface area contributed by atoms with E-state index in [4.69, 9.17) is 14.2 Å². The minimum Gasteiger partial charge on any atom is -0.378 e. The number of benzene rings is 6. The van der Waals surface area contributed by atoms with Crippen molar-refractivity contribution in [3.63, 3.8) is 0 Å². The Morgan fingerprint density at radius 2 is 0.886 bits per heavy atom. The number of nitrogens with zero attached hydrogens (tertiary/aromatic N) is 18. The molecule has 0 radical (unpaired) electrons. The summed E-state index contributed by atoms with van der Waals surface area (Å²) in [5.41, 5.74) is 13.1. The zero-order valence-electron chi connectivity index (χ0n) is 78.2. The molecule has 8 aromatic heterocycles. The molecule has 718 valence electrons. The van der Waals surface area contributed by atoms with Crippen LogP contribution in [0, 0.1) is 11.9 Å². The van der Waals surface area contributed by atoms with Crippen LogP contribution in [-0.4, -0.2) is 296 Å². The second-order valence-electron chi connectivity index (χ2n) is 36.6. The van der Waals surface area contributed by atoms with Gasteiger partial charge in [0.15, 0.2) is 34.7 Å². The summed E-state index contributed by atoms with van der Waals surface area (Å²) in [4.78, 5) is 129. The number of aromatic amines is 3. The van der Waals surface area contributed by atoms with Crippen molar-refractivity contribution in [3.05, 3.63) is 260 Å². The number of fused-ring (bicyclic) bond motifs is 3. The maximum Gasteiger partial charge on any atom is 0.258 e. The number of halogens is 2. The highest BCUT2D eigenvalue weighted by Gasteiger charge is 2.49. The number of methoxy groups -OCH3 is 2. The maximum absolute atomic E-state index is 13.7. The van der Waals surface area contributed by atoms with Crippen LogP contribution in [0.3, 0.4) is 0 Å². The molecule has 15 heterocycles. The Kier molecular flexibility index (Phi) is 28.9. The molecule has 3 atom stereocenters. The minimum absolute atomic E-state index is 0.0172. The molecule has 14 aromatic rings. The lowest BCUT2D eigenvalue weighted by atomic mass is 9.89. The monoisotopic (exact) mass is 1910 g/mol. The molecule has 6 saturated heterocycles. The summed E-state index contributed by atoms with van der Waals surface area (Å²) in [5, 5.41) is 31.1. The number of ether oxygens (including phenoxy) is 3. The maximum atomic E-state index is 13.7. The predicted molar refractivity (Wildman–Crippen MR) is 531 cm³/mol. The third kappa shape index (κ3) is 21.3. The number of carbonyl (C=O) groups is 6. The third-order valence-corrected chi connectivity index (χ3v) is 29.5. The van der Waals surface area contributed by atoms with Crippen molar-refractivity contribution < 1.29 is 51.8 Å². The highest BCUT2D eigenvalue weighted by atomic mass is 32.2. The quantitative estimate of drug-likeness (QED) is 0.0332. The molecule has 5 amide bonds. The van der Waals surface area contributed by atoms with Gasteiger partial charge in [-0.25, -0.2) is 39.9 Å². The van der Waals surface area contributed by atoms with Crippen LogP contribution in [0.2, 0.25) is 0 Å². The van der Waals surface area contributed by atoms with Gasteiger partial charge in [0.25, 0.3) is 5.91 Å². The number of likely N-dealkylation sites (tertiary alicyclic amines) is 5. The number of morpholine rings is 1. The Bertz CT molecular complexity index is 6770. The van der Waals surface area contributed by atoms with Crippen molar-refractivity contribution in [2.75, 3.05) is 160 Å². The van der Waals surface area contributed by atoms with Gasteiger partial charge in [-0.3, -0.25) is 58.8 Å². The van der Waals surface area contributed by atoms with E-state index in [1.807, 2.05) is 97.5 Å². The SMILES string of the molecule is CO[C@@]1(C(=O)Cc2ccc3[nH]nc(-c4ccc(F)nc4)c3c2)CCN(CC(=O)N2CC=C(c3ccc(-c4ncccn4)cc3)CC2)C1.CO[C@@]1(C(=O)Nc2ccc3[nH]nc(-c4ccc(F)nc4)c3c2)CCN(CC(=O)N2CCC(c3ccc(-c4ncccn4)cc3)CC2)C1.CS[C@@]1(C(=O)Nc2ccc3[nH]nc(N4CCOCC4)c3c2)CCN(CC(=O)N2CCC(c3ccc(-c4ncccn4)cc3)CC2)C1. The first-order valence-electron chi connectivity index (χ1n) is 47.5. The highest BCUT2D eigenvalue weighted by Crippen LogP contribution is 2.41. The van der Waals surface area contributed by atoms with Gasteiger partial charge >= 0.3 is 0 Å². The molecule has 5 N–H and O–H groups in total. The average Bonchev–Trinajstić information content (AvgIpc) is 1.64. The number of rotatable bonds is 25.